The minimum absolute atomic E-state index is 0.225. The third-order valence-electron chi connectivity index (χ3n) is 6.75. The van der Waals surface area contributed by atoms with Crippen LogP contribution < -0.4 is 4.90 Å². The van der Waals surface area contributed by atoms with E-state index in [1.807, 2.05) is 6.20 Å². The number of carbonyl (C=O) groups excluding carboxylic acids is 1. The van der Waals surface area contributed by atoms with Gasteiger partial charge in [-0.3, -0.25) is 4.79 Å². The monoisotopic (exact) mass is 353 g/mol. The predicted octanol–water partition coefficient (Wildman–Crippen LogP) is 3.11. The van der Waals surface area contributed by atoms with Gasteiger partial charge in [0.05, 0.1) is 5.39 Å². The normalized spacial score (nSPS) is 27.8. The van der Waals surface area contributed by atoms with Crippen LogP contribution in [0.5, 0.6) is 0 Å². The average Bonchev–Trinajstić information content (AvgIpc) is 3.35. The molecule has 138 valence electrons. The van der Waals surface area contributed by atoms with Crippen molar-refractivity contribution in [3.8, 4) is 0 Å². The molecule has 6 nitrogen and oxygen atoms in total. The lowest BCUT2D eigenvalue weighted by Crippen LogP contribution is -2.56. The molecule has 1 N–H and O–H groups in total. The van der Waals surface area contributed by atoms with Crippen molar-refractivity contribution in [3.05, 3.63) is 18.6 Å². The molecule has 2 aliphatic heterocycles. The van der Waals surface area contributed by atoms with Gasteiger partial charge in [-0.2, -0.15) is 0 Å². The Morgan fingerprint density at radius 3 is 2.88 bits per heavy atom. The number of hydrogen-bond donors (Lipinski definition) is 1. The molecule has 26 heavy (non-hydrogen) atoms. The van der Waals surface area contributed by atoms with Gasteiger partial charge in [0.1, 0.15) is 17.8 Å². The Morgan fingerprint density at radius 2 is 2.00 bits per heavy atom. The molecule has 1 aliphatic carbocycles. The zero-order valence-electron chi connectivity index (χ0n) is 15.3. The number of rotatable bonds is 2. The summed E-state index contributed by atoms with van der Waals surface area (Å²) in [5.74, 6) is 1.43. The van der Waals surface area contributed by atoms with Crippen molar-refractivity contribution in [3.63, 3.8) is 0 Å². The lowest BCUT2D eigenvalue weighted by atomic mass is 9.73. The van der Waals surface area contributed by atoms with Crippen molar-refractivity contribution in [1.82, 2.24) is 19.9 Å². The van der Waals surface area contributed by atoms with Gasteiger partial charge in [0, 0.05) is 43.7 Å². The number of amides is 1. The van der Waals surface area contributed by atoms with E-state index >= 15 is 0 Å². The number of H-pyrrole nitrogens is 1. The van der Waals surface area contributed by atoms with Gasteiger partial charge in [0.15, 0.2) is 0 Å². The summed E-state index contributed by atoms with van der Waals surface area (Å²) < 4.78 is 0. The average molecular weight is 353 g/mol. The Labute approximate surface area is 154 Å². The molecule has 1 saturated carbocycles. The van der Waals surface area contributed by atoms with E-state index in [0.717, 1.165) is 42.9 Å². The molecule has 0 bridgehead atoms. The largest absolute Gasteiger partial charge is 0.355 e. The van der Waals surface area contributed by atoms with Gasteiger partial charge in [-0.25, -0.2) is 9.97 Å². The topological polar surface area (TPSA) is 65.1 Å². The van der Waals surface area contributed by atoms with Crippen LogP contribution in [0.25, 0.3) is 11.0 Å². The third-order valence-corrected chi connectivity index (χ3v) is 6.75. The molecule has 2 aromatic rings. The number of fused-ring (bicyclic) bond motifs is 1. The number of anilines is 1. The predicted molar refractivity (Wildman–Crippen MR) is 101 cm³/mol. The maximum atomic E-state index is 12.6. The van der Waals surface area contributed by atoms with Crippen molar-refractivity contribution in [1.29, 1.82) is 0 Å². The number of nitrogens with one attached hydrogen (secondary N) is 1. The first-order valence-electron chi connectivity index (χ1n) is 10.1. The molecular weight excluding hydrogens is 326 g/mol. The Morgan fingerprint density at radius 1 is 1.12 bits per heavy atom. The minimum Gasteiger partial charge on any atom is -0.355 e. The molecule has 2 saturated heterocycles. The van der Waals surface area contributed by atoms with Crippen molar-refractivity contribution in [2.75, 3.05) is 24.5 Å². The van der Waals surface area contributed by atoms with Crippen LogP contribution >= 0.6 is 0 Å². The highest BCUT2D eigenvalue weighted by Gasteiger charge is 2.44. The summed E-state index contributed by atoms with van der Waals surface area (Å²) >= 11 is 0. The van der Waals surface area contributed by atoms with Crippen molar-refractivity contribution < 1.29 is 4.79 Å². The molecule has 3 aliphatic rings. The van der Waals surface area contributed by atoms with Gasteiger partial charge in [-0.05, 0) is 38.2 Å². The first-order chi connectivity index (χ1) is 12.7. The Bertz CT molecular complexity index is 811. The molecule has 0 radical (unpaired) electrons. The molecule has 5 rings (SSSR count). The molecule has 1 atom stereocenters. The Hall–Kier alpha value is -2.11. The highest BCUT2D eigenvalue weighted by atomic mass is 16.2. The van der Waals surface area contributed by atoms with Crippen LogP contribution in [0.15, 0.2) is 18.6 Å². The van der Waals surface area contributed by atoms with Crippen molar-refractivity contribution in [2.45, 2.75) is 57.4 Å². The van der Waals surface area contributed by atoms with Crippen LogP contribution in [-0.4, -0.2) is 51.4 Å². The van der Waals surface area contributed by atoms with E-state index in [9.17, 15) is 4.79 Å². The first kappa shape index (κ1) is 16.1. The van der Waals surface area contributed by atoms with E-state index < -0.39 is 0 Å². The van der Waals surface area contributed by atoms with E-state index in [2.05, 4.69) is 30.8 Å². The van der Waals surface area contributed by atoms with Crippen molar-refractivity contribution >= 4 is 22.8 Å². The van der Waals surface area contributed by atoms with E-state index in [0.29, 0.717) is 18.4 Å². The molecule has 2 aromatic heterocycles. The van der Waals surface area contributed by atoms with Crippen LogP contribution in [0.2, 0.25) is 0 Å². The number of aromatic amines is 1. The zero-order valence-corrected chi connectivity index (χ0v) is 15.3. The number of hydrogen-bond acceptors (Lipinski definition) is 4. The second-order valence-electron chi connectivity index (χ2n) is 8.42. The lowest BCUT2D eigenvalue weighted by Gasteiger charge is -2.50. The fourth-order valence-corrected chi connectivity index (χ4v) is 5.43. The minimum atomic E-state index is 0.225. The Kier molecular flexibility index (Phi) is 3.87. The number of likely N-dealkylation sites (tertiary alicyclic amines) is 1. The van der Waals surface area contributed by atoms with Gasteiger partial charge in [0.2, 0.25) is 5.91 Å². The molecule has 3 fully saturated rings. The molecule has 1 amide bonds. The SMILES string of the molecule is O=C1CC[C@@]2(CCCN(c3ncnc4[nH]ccc34)C2)CN1C1CCCC1. The quantitative estimate of drug-likeness (QED) is 0.901. The zero-order chi connectivity index (χ0) is 17.6. The molecule has 1 spiro atoms. The summed E-state index contributed by atoms with van der Waals surface area (Å²) in [4.78, 5) is 29.4. The summed E-state index contributed by atoms with van der Waals surface area (Å²) in [6.45, 7) is 2.98. The fourth-order valence-electron chi connectivity index (χ4n) is 5.43. The van der Waals surface area contributed by atoms with E-state index in [4.69, 9.17) is 0 Å². The smallest absolute Gasteiger partial charge is 0.222 e. The molecule has 0 aromatic carbocycles. The molecule has 6 heteroatoms. The first-order valence-corrected chi connectivity index (χ1v) is 10.1. The standard InChI is InChI=1S/C20H27N5O/c26-17-6-9-20(13-25(17)15-4-1-2-5-15)8-3-11-24(12-20)19-16-7-10-21-18(16)22-14-23-19/h7,10,14-15H,1-6,8-9,11-13H2,(H,21,22,23)/t20-/m1/s1. The summed E-state index contributed by atoms with van der Waals surface area (Å²) in [6.07, 6.45) is 12.7. The second kappa shape index (κ2) is 6.25. The lowest BCUT2D eigenvalue weighted by molar-refractivity contribution is -0.140. The summed E-state index contributed by atoms with van der Waals surface area (Å²) in [5.41, 5.74) is 1.13. The van der Waals surface area contributed by atoms with Gasteiger partial charge in [-0.1, -0.05) is 12.8 Å². The van der Waals surface area contributed by atoms with Gasteiger partial charge in [-0.15, -0.1) is 0 Å². The summed E-state index contributed by atoms with van der Waals surface area (Å²) in [5, 5.41) is 1.10. The molecule has 0 unspecified atom stereocenters. The third kappa shape index (κ3) is 2.66. The second-order valence-corrected chi connectivity index (χ2v) is 8.42. The molecular formula is C20H27N5O. The number of carbonyl (C=O) groups is 1. The highest BCUT2D eigenvalue weighted by Crippen LogP contribution is 2.42. The van der Waals surface area contributed by atoms with Gasteiger partial charge in [0.25, 0.3) is 0 Å². The Balaban J connectivity index is 1.41. The summed E-state index contributed by atoms with van der Waals surface area (Å²) in [6, 6.07) is 2.56. The van der Waals surface area contributed by atoms with E-state index in [1.165, 1.54) is 38.5 Å². The van der Waals surface area contributed by atoms with Crippen LogP contribution in [-0.2, 0) is 4.79 Å². The highest BCUT2D eigenvalue weighted by molar-refractivity contribution is 5.87. The maximum Gasteiger partial charge on any atom is 0.222 e. The van der Waals surface area contributed by atoms with Gasteiger partial charge < -0.3 is 14.8 Å². The van der Waals surface area contributed by atoms with Crippen molar-refractivity contribution in [2.24, 2.45) is 5.41 Å². The summed E-state index contributed by atoms with van der Waals surface area (Å²) in [7, 11) is 0. The van der Waals surface area contributed by atoms with Crippen LogP contribution in [0, 0.1) is 5.41 Å². The number of aromatic nitrogens is 3. The van der Waals surface area contributed by atoms with Crippen LogP contribution in [0.4, 0.5) is 5.82 Å². The maximum absolute atomic E-state index is 12.6. The van der Waals surface area contributed by atoms with E-state index in [-0.39, 0.29) is 5.41 Å². The van der Waals surface area contributed by atoms with Gasteiger partial charge >= 0.3 is 0 Å². The van der Waals surface area contributed by atoms with Crippen LogP contribution in [0.1, 0.15) is 51.4 Å². The number of nitrogens with zero attached hydrogens (tertiary/aromatic N) is 4. The molecule has 4 heterocycles. The van der Waals surface area contributed by atoms with Crippen LogP contribution in [0.3, 0.4) is 0 Å². The van der Waals surface area contributed by atoms with E-state index in [1.54, 1.807) is 6.33 Å². The fraction of sp³-hybridized carbons (Fsp3) is 0.650. The number of piperidine rings is 2.